The van der Waals surface area contributed by atoms with Crippen LogP contribution in [0.5, 0.6) is 5.75 Å². The number of aromatic amines is 1. The highest BCUT2D eigenvalue weighted by atomic mass is 19.4. The van der Waals surface area contributed by atoms with Crippen LogP contribution < -0.4 is 15.0 Å². The zero-order chi connectivity index (χ0) is 19.7. The number of alkyl halides is 3. The fourth-order valence-corrected chi connectivity index (χ4v) is 3.37. The summed E-state index contributed by atoms with van der Waals surface area (Å²) >= 11 is 0. The number of ether oxygens (including phenoxy) is 1. The minimum Gasteiger partial charge on any atom is -0.497 e. The van der Waals surface area contributed by atoms with Crippen LogP contribution in [0.4, 0.5) is 24.7 Å². The van der Waals surface area contributed by atoms with Crippen LogP contribution in [0.3, 0.4) is 0 Å². The molecular formula is C18H19F3N6O. The summed E-state index contributed by atoms with van der Waals surface area (Å²) in [5.41, 5.74) is 1.43. The van der Waals surface area contributed by atoms with Gasteiger partial charge in [-0.05, 0) is 24.5 Å². The Kier molecular flexibility index (Phi) is 4.70. The summed E-state index contributed by atoms with van der Waals surface area (Å²) in [6, 6.07) is 7.83. The van der Waals surface area contributed by atoms with Crippen molar-refractivity contribution < 1.29 is 17.9 Å². The van der Waals surface area contributed by atoms with Gasteiger partial charge < -0.3 is 19.9 Å². The molecule has 1 aliphatic heterocycles. The van der Waals surface area contributed by atoms with Crippen LogP contribution in [0.2, 0.25) is 0 Å². The monoisotopic (exact) mass is 392 g/mol. The van der Waals surface area contributed by atoms with Crippen molar-refractivity contribution in [3.63, 3.8) is 0 Å². The number of imidazole rings is 1. The first-order valence-corrected chi connectivity index (χ1v) is 8.85. The van der Waals surface area contributed by atoms with E-state index in [0.29, 0.717) is 12.1 Å². The summed E-state index contributed by atoms with van der Waals surface area (Å²) in [4.78, 5) is 16.0. The van der Waals surface area contributed by atoms with Crippen molar-refractivity contribution in [2.24, 2.45) is 5.92 Å². The number of benzene rings is 1. The number of hydrogen-bond donors (Lipinski definition) is 2. The minimum atomic E-state index is -4.62. The van der Waals surface area contributed by atoms with Gasteiger partial charge in [-0.1, -0.05) is 6.07 Å². The molecule has 1 fully saturated rings. The number of anilines is 2. The largest absolute Gasteiger partial charge is 0.497 e. The number of methoxy groups -OCH3 is 1. The Morgan fingerprint density at radius 1 is 1.32 bits per heavy atom. The maximum absolute atomic E-state index is 13.0. The summed E-state index contributed by atoms with van der Waals surface area (Å²) in [6.45, 7) is 2.17. The first-order valence-electron chi connectivity index (χ1n) is 8.85. The third-order valence-electron chi connectivity index (χ3n) is 4.80. The molecule has 28 heavy (non-hydrogen) atoms. The first kappa shape index (κ1) is 18.3. The van der Waals surface area contributed by atoms with Crippen LogP contribution in [0.15, 0.2) is 30.6 Å². The Hall–Kier alpha value is -3.04. The van der Waals surface area contributed by atoms with E-state index in [1.165, 1.54) is 6.33 Å². The Balaban J connectivity index is 1.46. The minimum absolute atomic E-state index is 0.00532. The molecule has 148 valence electrons. The number of fused-ring (bicyclic) bond motifs is 1. The van der Waals surface area contributed by atoms with E-state index in [-0.39, 0.29) is 17.4 Å². The molecule has 0 spiro atoms. The van der Waals surface area contributed by atoms with Crippen molar-refractivity contribution in [2.75, 3.05) is 37.0 Å². The van der Waals surface area contributed by atoms with Crippen LogP contribution in [0.1, 0.15) is 12.2 Å². The second kappa shape index (κ2) is 7.17. The van der Waals surface area contributed by atoms with Crippen molar-refractivity contribution in [3.05, 3.63) is 36.4 Å². The molecule has 1 atom stereocenters. The number of aromatic nitrogens is 4. The topological polar surface area (TPSA) is 79.0 Å². The number of nitrogens with one attached hydrogen (secondary N) is 2. The molecule has 0 radical (unpaired) electrons. The molecular weight excluding hydrogens is 373 g/mol. The second-order valence-corrected chi connectivity index (χ2v) is 6.68. The quantitative estimate of drug-likeness (QED) is 0.694. The number of hydrogen-bond acceptors (Lipinski definition) is 6. The molecule has 10 heteroatoms. The summed E-state index contributed by atoms with van der Waals surface area (Å²) in [5.74, 6) is -0.0106. The Morgan fingerprint density at radius 2 is 2.18 bits per heavy atom. The van der Waals surface area contributed by atoms with Crippen molar-refractivity contribution in [1.82, 2.24) is 19.9 Å². The molecule has 0 aliphatic carbocycles. The van der Waals surface area contributed by atoms with E-state index in [4.69, 9.17) is 4.74 Å². The van der Waals surface area contributed by atoms with Gasteiger partial charge in [0.2, 0.25) is 5.82 Å². The second-order valence-electron chi connectivity index (χ2n) is 6.68. The molecule has 3 heterocycles. The van der Waals surface area contributed by atoms with Gasteiger partial charge in [0.05, 0.1) is 13.4 Å². The van der Waals surface area contributed by atoms with Gasteiger partial charge in [-0.3, -0.25) is 0 Å². The molecule has 1 saturated heterocycles. The Morgan fingerprint density at radius 3 is 2.96 bits per heavy atom. The van der Waals surface area contributed by atoms with Crippen molar-refractivity contribution in [1.29, 1.82) is 0 Å². The maximum Gasteiger partial charge on any atom is 0.451 e. The predicted octanol–water partition coefficient (Wildman–Crippen LogP) is 3.32. The van der Waals surface area contributed by atoms with Gasteiger partial charge >= 0.3 is 6.18 Å². The predicted molar refractivity (Wildman–Crippen MR) is 98.5 cm³/mol. The number of halogens is 3. The highest BCUT2D eigenvalue weighted by Gasteiger charge is 2.36. The Bertz CT molecular complexity index is 973. The fraction of sp³-hybridized carbons (Fsp3) is 0.389. The summed E-state index contributed by atoms with van der Waals surface area (Å²) < 4.78 is 44.4. The molecule has 7 nitrogen and oxygen atoms in total. The van der Waals surface area contributed by atoms with E-state index in [0.717, 1.165) is 30.9 Å². The van der Waals surface area contributed by atoms with E-state index < -0.39 is 12.0 Å². The average molecular weight is 392 g/mol. The van der Waals surface area contributed by atoms with Gasteiger partial charge in [0, 0.05) is 31.4 Å². The van der Waals surface area contributed by atoms with Crippen molar-refractivity contribution in [3.8, 4) is 5.75 Å². The van der Waals surface area contributed by atoms with Gasteiger partial charge in [-0.15, -0.1) is 0 Å². The lowest BCUT2D eigenvalue weighted by atomic mass is 10.1. The summed E-state index contributed by atoms with van der Waals surface area (Å²) in [7, 11) is 1.63. The summed E-state index contributed by atoms with van der Waals surface area (Å²) in [6.07, 6.45) is -2.39. The lowest BCUT2D eigenvalue weighted by Crippen LogP contribution is -2.23. The SMILES string of the molecule is COc1cccc(N2CC[C@@H](CNc3nc(C(F)(F)F)nc4nc[nH]c34)C2)c1. The van der Waals surface area contributed by atoms with Crippen LogP contribution in [-0.4, -0.2) is 46.7 Å². The molecule has 0 amide bonds. The smallest absolute Gasteiger partial charge is 0.451 e. The van der Waals surface area contributed by atoms with E-state index in [1.807, 2.05) is 24.3 Å². The van der Waals surface area contributed by atoms with E-state index in [9.17, 15) is 13.2 Å². The third-order valence-corrected chi connectivity index (χ3v) is 4.80. The van der Waals surface area contributed by atoms with Gasteiger partial charge in [0.1, 0.15) is 11.3 Å². The highest BCUT2D eigenvalue weighted by Crippen LogP contribution is 2.30. The third kappa shape index (κ3) is 3.67. The lowest BCUT2D eigenvalue weighted by Gasteiger charge is -2.19. The number of nitrogens with zero attached hydrogens (tertiary/aromatic N) is 4. The zero-order valence-corrected chi connectivity index (χ0v) is 15.1. The molecule has 2 N–H and O–H groups in total. The zero-order valence-electron chi connectivity index (χ0n) is 15.1. The summed E-state index contributed by atoms with van der Waals surface area (Å²) in [5, 5.41) is 3.05. The normalized spacial score (nSPS) is 17.3. The van der Waals surface area contributed by atoms with E-state index in [2.05, 4.69) is 30.2 Å². The van der Waals surface area contributed by atoms with Gasteiger partial charge in [-0.2, -0.15) is 13.2 Å². The molecule has 1 aliphatic rings. The lowest BCUT2D eigenvalue weighted by molar-refractivity contribution is -0.144. The van der Waals surface area contributed by atoms with Crippen LogP contribution >= 0.6 is 0 Å². The maximum atomic E-state index is 13.0. The van der Waals surface area contributed by atoms with Crippen LogP contribution in [0, 0.1) is 5.92 Å². The van der Waals surface area contributed by atoms with E-state index >= 15 is 0 Å². The molecule has 0 unspecified atom stereocenters. The molecule has 4 rings (SSSR count). The standard InChI is InChI=1S/C18H19F3N6O/c1-28-13-4-2-3-12(7-13)27-6-5-11(9-27)8-22-15-14-16(24-10-23-14)26-17(25-15)18(19,20)21/h2-4,7,10-11H,5-6,8-9H2,1H3,(H2,22,23,24,25,26)/t11-/m0/s1. The number of rotatable bonds is 5. The van der Waals surface area contributed by atoms with Gasteiger partial charge in [-0.25, -0.2) is 15.0 Å². The molecule has 1 aromatic carbocycles. The average Bonchev–Trinajstić information content (AvgIpc) is 3.34. The van der Waals surface area contributed by atoms with Gasteiger partial charge in [0.25, 0.3) is 0 Å². The Labute approximate surface area is 159 Å². The van der Waals surface area contributed by atoms with Crippen LogP contribution in [0.25, 0.3) is 11.2 Å². The first-order chi connectivity index (χ1) is 13.4. The van der Waals surface area contributed by atoms with Crippen molar-refractivity contribution >= 4 is 22.7 Å². The van der Waals surface area contributed by atoms with Crippen molar-refractivity contribution in [2.45, 2.75) is 12.6 Å². The fourth-order valence-electron chi connectivity index (χ4n) is 3.37. The van der Waals surface area contributed by atoms with E-state index in [1.54, 1.807) is 7.11 Å². The molecule has 0 saturated carbocycles. The number of H-pyrrole nitrogens is 1. The highest BCUT2D eigenvalue weighted by molar-refractivity contribution is 5.82. The molecule has 0 bridgehead atoms. The van der Waals surface area contributed by atoms with Crippen LogP contribution in [-0.2, 0) is 6.18 Å². The molecule has 2 aromatic heterocycles. The molecule has 3 aromatic rings. The van der Waals surface area contributed by atoms with Gasteiger partial charge in [0.15, 0.2) is 11.5 Å².